The van der Waals surface area contributed by atoms with Gasteiger partial charge in [0.15, 0.2) is 34.9 Å². The first-order chi connectivity index (χ1) is 51.8. The summed E-state index contributed by atoms with van der Waals surface area (Å²) in [6.07, 6.45) is 0. The number of halogens is 7. The summed E-state index contributed by atoms with van der Waals surface area (Å²) >= 11 is 0. The van der Waals surface area contributed by atoms with E-state index < -0.39 is 0 Å². The minimum absolute atomic E-state index is 0.0268. The highest BCUT2D eigenvalue weighted by Gasteiger charge is 2.29. The fourth-order valence-corrected chi connectivity index (χ4v) is 12.5. The zero-order valence-electron chi connectivity index (χ0n) is 58.1. The Morgan fingerprint density at radius 3 is 0.935 bits per heavy atom. The summed E-state index contributed by atoms with van der Waals surface area (Å²) in [4.78, 5) is 73.9. The Hall–Kier alpha value is -12.9. The molecule has 8 aromatic carbocycles. The fourth-order valence-electron chi connectivity index (χ4n) is 12.5. The molecular formula is C79H69F7N18O3. The highest BCUT2D eigenvalue weighted by molar-refractivity contribution is 5.79. The van der Waals surface area contributed by atoms with Crippen molar-refractivity contribution in [1.29, 1.82) is 5.26 Å². The minimum atomic E-state index is -0.384. The lowest BCUT2D eigenvalue weighted by atomic mass is 10.2. The van der Waals surface area contributed by atoms with Crippen LogP contribution in [0.1, 0.15) is 17.0 Å². The van der Waals surface area contributed by atoms with Crippen LogP contribution in [0.5, 0.6) is 0 Å². The van der Waals surface area contributed by atoms with Crippen molar-refractivity contribution in [3.05, 3.63) is 258 Å². The van der Waals surface area contributed by atoms with Crippen molar-refractivity contribution in [3.8, 4) is 74.4 Å². The smallest absolute Gasteiger partial charge is 0.244 e. The summed E-state index contributed by atoms with van der Waals surface area (Å²) in [5.74, 6) is 0.122. The number of hydrogen-bond acceptors (Lipinski definition) is 15. The maximum Gasteiger partial charge on any atom is 0.244 e. The molecule has 0 saturated carbocycles. The van der Waals surface area contributed by atoms with Gasteiger partial charge in [-0.05, 0) is 202 Å². The van der Waals surface area contributed by atoms with Crippen molar-refractivity contribution in [2.45, 2.75) is 33.5 Å². The standard InChI is InChI=1S/C27H22F2N6O.C26H22F3N5O.C26H25F2N7O/c28-22-8-4-20(5-9-22)26-31-27(21-6-10-23(29)11-7-21)35(32-26)18-25(36)34-14-12-33(13-15-34)24-3-1-2-19(16-24)17-30;27-20-8-4-18(5-9-20)25-30-26(19-6-10-21(28)11-7-19)34(31-25)17-24(35)33-14-12-32(13-15-33)23-3-1-2-22(29)16-23;1-17-15-18(2)30-26(29-17)34-13-11-33(12-14-34)23(36)16-35-25(20-5-9-22(28)10-6-20)31-24(32-35)19-3-7-21(27)8-4-19/h1-11,16H,12-15,18H2;1-11,16H,12-15,17H2;3-10,15H,11-14,16H2,1-2H3. The molecule has 542 valence electrons. The van der Waals surface area contributed by atoms with Gasteiger partial charge in [0.25, 0.3) is 0 Å². The summed E-state index contributed by atoms with van der Waals surface area (Å²) in [5.41, 5.74) is 7.85. The molecule has 0 bridgehead atoms. The highest BCUT2D eigenvalue weighted by Crippen LogP contribution is 2.29. The molecule has 21 nitrogen and oxygen atoms in total. The van der Waals surface area contributed by atoms with Gasteiger partial charge in [-0.1, -0.05) is 12.1 Å². The topological polar surface area (TPSA) is 212 Å². The van der Waals surface area contributed by atoms with Crippen LogP contribution >= 0.6 is 0 Å². The maximum absolute atomic E-state index is 13.6. The lowest BCUT2D eigenvalue weighted by Crippen LogP contribution is -2.50. The first kappa shape index (κ1) is 72.4. The Labute approximate surface area is 610 Å². The second kappa shape index (κ2) is 32.8. The molecule has 7 heterocycles. The summed E-state index contributed by atoms with van der Waals surface area (Å²) in [6, 6.07) is 52.8. The molecule has 0 N–H and O–H groups in total. The van der Waals surface area contributed by atoms with Gasteiger partial charge in [0.2, 0.25) is 23.7 Å². The number of piperazine rings is 3. The molecule has 12 aromatic rings. The zero-order chi connectivity index (χ0) is 74.7. The largest absolute Gasteiger partial charge is 0.368 e. The van der Waals surface area contributed by atoms with Crippen LogP contribution in [0.4, 0.5) is 48.1 Å². The third kappa shape index (κ3) is 18.0. The van der Waals surface area contributed by atoms with E-state index in [0.717, 1.165) is 22.8 Å². The van der Waals surface area contributed by atoms with E-state index in [1.165, 1.54) is 99.0 Å². The average molecular weight is 1450 g/mol. The molecule has 3 fully saturated rings. The van der Waals surface area contributed by atoms with Gasteiger partial charge in [-0.2, -0.15) is 5.26 Å². The fraction of sp³-hybridized carbons (Fsp3) is 0.215. The number of nitriles is 1. The van der Waals surface area contributed by atoms with Crippen LogP contribution in [0.3, 0.4) is 0 Å². The number of anilines is 3. The van der Waals surface area contributed by atoms with Crippen LogP contribution in [0.15, 0.2) is 200 Å². The molecule has 15 rings (SSSR count). The highest BCUT2D eigenvalue weighted by atomic mass is 19.2. The van der Waals surface area contributed by atoms with E-state index in [9.17, 15) is 45.1 Å². The number of benzene rings is 8. The van der Waals surface area contributed by atoms with E-state index in [-0.39, 0.29) is 78.1 Å². The molecule has 3 aliphatic heterocycles. The predicted octanol–water partition coefficient (Wildman–Crippen LogP) is 12.1. The molecule has 0 aliphatic carbocycles. The van der Waals surface area contributed by atoms with E-state index in [2.05, 4.69) is 56.1 Å². The number of aryl methyl sites for hydroxylation is 2. The number of carbonyl (C=O) groups excluding carboxylic acids is 3. The molecule has 28 heteroatoms. The van der Waals surface area contributed by atoms with Crippen molar-refractivity contribution in [2.75, 3.05) is 93.2 Å². The molecule has 0 atom stereocenters. The van der Waals surface area contributed by atoms with Gasteiger partial charge in [0.05, 0.1) is 11.6 Å². The van der Waals surface area contributed by atoms with Crippen LogP contribution in [0, 0.1) is 65.9 Å². The minimum Gasteiger partial charge on any atom is -0.368 e. The summed E-state index contributed by atoms with van der Waals surface area (Å²) in [6.45, 7) is 10.5. The van der Waals surface area contributed by atoms with Gasteiger partial charge in [-0.25, -0.2) is 69.7 Å². The van der Waals surface area contributed by atoms with Crippen LogP contribution in [0.25, 0.3) is 68.3 Å². The lowest BCUT2D eigenvalue weighted by Gasteiger charge is -2.36. The zero-order valence-corrected chi connectivity index (χ0v) is 58.1. The van der Waals surface area contributed by atoms with Gasteiger partial charge in [-0.3, -0.25) is 14.4 Å². The SMILES string of the molecule is Cc1cc(C)nc(N2CCN(C(=O)Cn3nc(-c4ccc(F)cc4)nc3-c3ccc(F)cc3)CC2)n1.N#Cc1cccc(N2CCN(C(=O)Cn3nc(-c4ccc(F)cc4)nc3-c3ccc(F)cc3)CC2)c1.O=C(Cn1nc(-c2ccc(F)cc2)nc1-c1ccc(F)cc1)N1CCN(c2cccc(F)c2)CC1. The second-order valence-corrected chi connectivity index (χ2v) is 25.5. The normalized spacial score (nSPS) is 13.7. The van der Waals surface area contributed by atoms with Crippen molar-refractivity contribution in [2.24, 2.45) is 0 Å². The molecular weight excluding hydrogens is 1380 g/mol. The number of aromatic nitrogens is 11. The van der Waals surface area contributed by atoms with Crippen LogP contribution < -0.4 is 14.7 Å². The van der Waals surface area contributed by atoms with E-state index in [1.807, 2.05) is 49.1 Å². The van der Waals surface area contributed by atoms with Crippen LogP contribution in [-0.2, 0) is 34.0 Å². The molecule has 3 amide bonds. The van der Waals surface area contributed by atoms with E-state index in [4.69, 9.17) is 5.26 Å². The summed E-state index contributed by atoms with van der Waals surface area (Å²) in [5, 5.41) is 22.7. The van der Waals surface area contributed by atoms with E-state index in [0.29, 0.717) is 158 Å². The monoisotopic (exact) mass is 1450 g/mol. The first-order valence-corrected chi connectivity index (χ1v) is 34.4. The lowest BCUT2D eigenvalue weighted by molar-refractivity contribution is -0.133. The van der Waals surface area contributed by atoms with Crippen molar-refractivity contribution in [1.82, 2.24) is 69.0 Å². The summed E-state index contributed by atoms with van der Waals surface area (Å²) < 4.78 is 98.7. The first-order valence-electron chi connectivity index (χ1n) is 34.4. The number of carbonyl (C=O) groups is 3. The number of amides is 3. The summed E-state index contributed by atoms with van der Waals surface area (Å²) in [7, 11) is 0. The van der Waals surface area contributed by atoms with Gasteiger partial charge in [-0.15, -0.1) is 15.3 Å². The molecule has 3 saturated heterocycles. The Morgan fingerprint density at radius 2 is 0.626 bits per heavy atom. The Kier molecular flexibility index (Phi) is 22.2. The Morgan fingerprint density at radius 1 is 0.336 bits per heavy atom. The number of rotatable bonds is 15. The quantitative estimate of drug-likeness (QED) is 0.0873. The third-order valence-corrected chi connectivity index (χ3v) is 18.1. The average Bonchev–Trinajstić information content (AvgIpc) is 1.37. The molecule has 4 aromatic heterocycles. The second-order valence-electron chi connectivity index (χ2n) is 25.5. The van der Waals surface area contributed by atoms with Gasteiger partial charge >= 0.3 is 0 Å². The Balaban J connectivity index is 0.000000142. The van der Waals surface area contributed by atoms with Crippen molar-refractivity contribution >= 4 is 35.0 Å². The Bertz CT molecular complexity index is 5130. The molecule has 107 heavy (non-hydrogen) atoms. The van der Waals surface area contributed by atoms with Crippen LogP contribution in [0.2, 0.25) is 0 Å². The molecule has 0 radical (unpaired) electrons. The predicted molar refractivity (Wildman–Crippen MR) is 388 cm³/mol. The van der Waals surface area contributed by atoms with E-state index in [1.54, 1.807) is 99.6 Å². The molecule has 0 spiro atoms. The van der Waals surface area contributed by atoms with Gasteiger partial charge in [0, 0.05) is 135 Å². The number of nitrogens with zero attached hydrogens (tertiary/aromatic N) is 18. The van der Waals surface area contributed by atoms with E-state index >= 15 is 0 Å². The van der Waals surface area contributed by atoms with Crippen molar-refractivity contribution < 1.29 is 45.1 Å². The number of hydrogen-bond donors (Lipinski definition) is 0. The molecule has 3 aliphatic rings. The van der Waals surface area contributed by atoms with Crippen LogP contribution in [-0.4, -0.2) is 165 Å². The molecule has 0 unspecified atom stereocenters. The van der Waals surface area contributed by atoms with Gasteiger partial charge in [0.1, 0.15) is 60.4 Å². The maximum atomic E-state index is 13.6. The van der Waals surface area contributed by atoms with Gasteiger partial charge < -0.3 is 29.4 Å². The van der Waals surface area contributed by atoms with Crippen molar-refractivity contribution in [3.63, 3.8) is 0 Å². The third-order valence-electron chi connectivity index (χ3n) is 18.1.